The smallest absolute Gasteiger partial charge is 0.139 e. The fourth-order valence-electron chi connectivity index (χ4n) is 2.87. The Balaban J connectivity index is 1.67. The van der Waals surface area contributed by atoms with E-state index in [0.29, 0.717) is 5.75 Å². The zero-order valence-corrected chi connectivity index (χ0v) is 13.8. The number of aromatic nitrogens is 1. The van der Waals surface area contributed by atoms with Crippen molar-refractivity contribution in [2.45, 2.75) is 65.2 Å². The maximum atomic E-state index is 9.26. The number of nitrogens with zero attached hydrogens (tertiary/aromatic N) is 1. The van der Waals surface area contributed by atoms with Gasteiger partial charge in [0.1, 0.15) is 11.5 Å². The van der Waals surface area contributed by atoms with Crippen LogP contribution in [0.2, 0.25) is 0 Å². The molecule has 0 saturated heterocycles. The number of phenols is 1. The Bertz CT molecular complexity index is 536. The molecule has 1 N–H and O–H groups in total. The minimum Gasteiger partial charge on any atom is -0.508 e. The second-order valence-corrected chi connectivity index (χ2v) is 5.82. The molecule has 2 aromatic rings. The highest BCUT2D eigenvalue weighted by Gasteiger charge is 2.12. The highest BCUT2D eigenvalue weighted by atomic mass is 16.5. The van der Waals surface area contributed by atoms with Crippen molar-refractivity contribution in [1.29, 1.82) is 0 Å². The van der Waals surface area contributed by atoms with Crippen LogP contribution in [0.3, 0.4) is 0 Å². The van der Waals surface area contributed by atoms with Crippen LogP contribution < -0.4 is 0 Å². The summed E-state index contributed by atoms with van der Waals surface area (Å²) >= 11 is 0. The van der Waals surface area contributed by atoms with Crippen molar-refractivity contribution >= 4 is 0 Å². The number of aryl methyl sites for hydroxylation is 3. The molecule has 1 aromatic heterocycles. The fourth-order valence-corrected chi connectivity index (χ4v) is 2.87. The molecule has 1 heterocycles. The van der Waals surface area contributed by atoms with E-state index >= 15 is 0 Å². The van der Waals surface area contributed by atoms with Crippen molar-refractivity contribution in [3.05, 3.63) is 46.8 Å². The third-order valence-electron chi connectivity index (χ3n) is 4.19. The highest BCUT2D eigenvalue weighted by Crippen LogP contribution is 2.19. The lowest BCUT2D eigenvalue weighted by Crippen LogP contribution is -1.94. The van der Waals surface area contributed by atoms with Crippen molar-refractivity contribution in [3.63, 3.8) is 0 Å². The van der Waals surface area contributed by atoms with Crippen LogP contribution in [-0.4, -0.2) is 10.3 Å². The molecule has 0 aliphatic carbocycles. The molecule has 0 fully saturated rings. The third-order valence-corrected chi connectivity index (χ3v) is 4.19. The van der Waals surface area contributed by atoms with Gasteiger partial charge >= 0.3 is 0 Å². The molecular weight excluding hydrogens is 274 g/mol. The highest BCUT2D eigenvalue weighted by molar-refractivity contribution is 5.26. The Labute approximate surface area is 133 Å². The molecular formula is C19H27NO2. The first-order chi connectivity index (χ1) is 10.7. The maximum Gasteiger partial charge on any atom is 0.139 e. The van der Waals surface area contributed by atoms with Gasteiger partial charge in [-0.15, -0.1) is 0 Å². The van der Waals surface area contributed by atoms with Crippen LogP contribution in [0.5, 0.6) is 5.75 Å². The molecule has 120 valence electrons. The Morgan fingerprint density at radius 3 is 2.23 bits per heavy atom. The lowest BCUT2D eigenvalue weighted by molar-refractivity contribution is 0.380. The number of rotatable bonds is 9. The van der Waals surface area contributed by atoms with Crippen LogP contribution in [0.15, 0.2) is 28.8 Å². The summed E-state index contributed by atoms with van der Waals surface area (Å²) in [6, 6.07) is 7.54. The monoisotopic (exact) mass is 301 g/mol. The van der Waals surface area contributed by atoms with Crippen LogP contribution >= 0.6 is 0 Å². The summed E-state index contributed by atoms with van der Waals surface area (Å²) in [6.45, 7) is 4.26. The molecule has 0 aliphatic rings. The van der Waals surface area contributed by atoms with Gasteiger partial charge in [0.2, 0.25) is 0 Å². The van der Waals surface area contributed by atoms with Crippen LogP contribution in [-0.2, 0) is 25.7 Å². The van der Waals surface area contributed by atoms with Crippen molar-refractivity contribution < 1.29 is 9.63 Å². The molecule has 2 rings (SSSR count). The van der Waals surface area contributed by atoms with E-state index in [1.807, 2.05) is 12.1 Å². The van der Waals surface area contributed by atoms with Crippen LogP contribution in [0.4, 0.5) is 0 Å². The molecule has 3 heteroatoms. The molecule has 0 saturated carbocycles. The van der Waals surface area contributed by atoms with Crippen molar-refractivity contribution in [1.82, 2.24) is 5.16 Å². The summed E-state index contributed by atoms with van der Waals surface area (Å²) in [7, 11) is 0. The van der Waals surface area contributed by atoms with Crippen LogP contribution in [0.1, 0.15) is 62.1 Å². The van der Waals surface area contributed by atoms with Crippen molar-refractivity contribution in [2.24, 2.45) is 0 Å². The molecule has 3 nitrogen and oxygen atoms in total. The SMILES string of the molecule is CCc1noc(CC)c1CCCCCCc1ccc(O)cc1. The molecule has 1 aromatic carbocycles. The second kappa shape index (κ2) is 8.62. The molecule has 0 unspecified atom stereocenters. The normalized spacial score (nSPS) is 11.0. The topological polar surface area (TPSA) is 46.3 Å². The molecule has 0 spiro atoms. The Morgan fingerprint density at radius 1 is 0.909 bits per heavy atom. The van der Waals surface area contributed by atoms with Gasteiger partial charge in [-0.25, -0.2) is 0 Å². The zero-order valence-electron chi connectivity index (χ0n) is 13.8. The van der Waals surface area contributed by atoms with Gasteiger partial charge in [-0.1, -0.05) is 44.0 Å². The number of phenolic OH excluding ortho intramolecular Hbond substituents is 1. The first-order valence-corrected chi connectivity index (χ1v) is 8.48. The van der Waals surface area contributed by atoms with Gasteiger partial charge in [0.15, 0.2) is 0 Å². The van der Waals surface area contributed by atoms with E-state index in [1.54, 1.807) is 12.1 Å². The lowest BCUT2D eigenvalue weighted by Gasteiger charge is -2.04. The Kier molecular flexibility index (Phi) is 6.50. The number of benzene rings is 1. The summed E-state index contributed by atoms with van der Waals surface area (Å²) in [4.78, 5) is 0. The van der Waals surface area contributed by atoms with Crippen molar-refractivity contribution in [2.75, 3.05) is 0 Å². The van der Waals surface area contributed by atoms with E-state index in [-0.39, 0.29) is 0 Å². The van der Waals surface area contributed by atoms with Gasteiger partial charge in [-0.2, -0.15) is 0 Å². The Morgan fingerprint density at radius 2 is 1.59 bits per heavy atom. The lowest BCUT2D eigenvalue weighted by atomic mass is 10.0. The quantitative estimate of drug-likeness (QED) is 0.673. The second-order valence-electron chi connectivity index (χ2n) is 5.82. The number of hydrogen-bond donors (Lipinski definition) is 1. The van der Waals surface area contributed by atoms with E-state index in [9.17, 15) is 5.11 Å². The molecule has 0 atom stereocenters. The van der Waals surface area contributed by atoms with Crippen molar-refractivity contribution in [3.8, 4) is 5.75 Å². The molecule has 0 bridgehead atoms. The first kappa shape index (κ1) is 16.6. The predicted octanol–water partition coefficient (Wildman–Crippen LogP) is 4.85. The fraction of sp³-hybridized carbons (Fsp3) is 0.526. The van der Waals surface area contributed by atoms with E-state index in [0.717, 1.165) is 37.1 Å². The van der Waals surface area contributed by atoms with Gasteiger partial charge < -0.3 is 9.63 Å². The van der Waals surface area contributed by atoms with Gasteiger partial charge in [-0.05, 0) is 49.8 Å². The average molecular weight is 301 g/mol. The summed E-state index contributed by atoms with van der Waals surface area (Å²) in [5.41, 5.74) is 3.79. The summed E-state index contributed by atoms with van der Waals surface area (Å²) in [6.07, 6.45) is 8.98. The summed E-state index contributed by atoms with van der Waals surface area (Å²) < 4.78 is 5.41. The molecule has 0 amide bonds. The van der Waals surface area contributed by atoms with Crippen LogP contribution in [0, 0.1) is 0 Å². The summed E-state index contributed by atoms with van der Waals surface area (Å²) in [5.74, 6) is 1.41. The van der Waals surface area contributed by atoms with Gasteiger partial charge in [0.25, 0.3) is 0 Å². The van der Waals surface area contributed by atoms with Crippen LogP contribution in [0.25, 0.3) is 0 Å². The first-order valence-electron chi connectivity index (χ1n) is 8.48. The molecule has 22 heavy (non-hydrogen) atoms. The minimum atomic E-state index is 0.343. The maximum absolute atomic E-state index is 9.26. The largest absolute Gasteiger partial charge is 0.508 e. The summed E-state index contributed by atoms with van der Waals surface area (Å²) in [5, 5.41) is 13.4. The van der Waals surface area contributed by atoms with Gasteiger partial charge in [0.05, 0.1) is 5.69 Å². The number of hydrogen-bond acceptors (Lipinski definition) is 3. The van der Waals surface area contributed by atoms with E-state index in [1.165, 1.54) is 36.8 Å². The van der Waals surface area contributed by atoms with E-state index in [2.05, 4.69) is 19.0 Å². The third kappa shape index (κ3) is 4.62. The zero-order chi connectivity index (χ0) is 15.8. The molecule has 0 radical (unpaired) electrons. The standard InChI is InChI=1S/C19H27NO2/c1-3-18-17(19(4-2)22-20-18)10-8-6-5-7-9-15-11-13-16(21)14-12-15/h11-14,21H,3-10H2,1-2H3. The average Bonchev–Trinajstić information content (AvgIpc) is 2.94. The predicted molar refractivity (Wildman–Crippen MR) is 89.2 cm³/mol. The Hall–Kier alpha value is -1.77. The number of unbranched alkanes of at least 4 members (excludes halogenated alkanes) is 3. The van der Waals surface area contributed by atoms with Gasteiger partial charge in [-0.3, -0.25) is 0 Å². The van der Waals surface area contributed by atoms with E-state index in [4.69, 9.17) is 4.52 Å². The molecule has 0 aliphatic heterocycles. The van der Waals surface area contributed by atoms with E-state index < -0.39 is 0 Å². The minimum absolute atomic E-state index is 0.343. The van der Waals surface area contributed by atoms with Gasteiger partial charge in [0, 0.05) is 12.0 Å². The number of aromatic hydroxyl groups is 1.